The summed E-state index contributed by atoms with van der Waals surface area (Å²) in [5, 5.41) is 2.44. The van der Waals surface area contributed by atoms with Gasteiger partial charge in [-0.2, -0.15) is 0 Å². The number of fused-ring (bicyclic) bond motifs is 1. The summed E-state index contributed by atoms with van der Waals surface area (Å²) in [6.07, 6.45) is 2.50. The highest BCUT2D eigenvalue weighted by Gasteiger charge is 2.14. The molecule has 9 heteroatoms. The minimum atomic E-state index is -0.563. The maximum Gasteiger partial charge on any atom is 0.329 e. The Kier molecular flexibility index (Phi) is 4.32. The van der Waals surface area contributed by atoms with Crippen LogP contribution in [-0.2, 0) is 16.1 Å². The van der Waals surface area contributed by atoms with Crippen molar-refractivity contribution in [3.05, 3.63) is 48.5 Å². The number of benzene rings is 1. The highest BCUT2D eigenvalue weighted by molar-refractivity contribution is 5.91. The maximum atomic E-state index is 12.1. The van der Waals surface area contributed by atoms with Crippen LogP contribution in [0.4, 0.5) is 10.6 Å². The van der Waals surface area contributed by atoms with Gasteiger partial charge in [0.05, 0.1) is 0 Å². The lowest BCUT2D eigenvalue weighted by molar-refractivity contribution is -0.143. The number of anilines is 1. The summed E-state index contributed by atoms with van der Waals surface area (Å²) < 4.78 is 6.23. The van der Waals surface area contributed by atoms with Crippen molar-refractivity contribution in [1.29, 1.82) is 0 Å². The van der Waals surface area contributed by atoms with Crippen molar-refractivity contribution < 1.29 is 14.3 Å². The van der Waals surface area contributed by atoms with Gasteiger partial charge in [0.2, 0.25) is 0 Å². The van der Waals surface area contributed by atoms with E-state index in [4.69, 9.17) is 10.5 Å². The molecule has 2 heterocycles. The molecule has 0 atom stereocenters. The summed E-state index contributed by atoms with van der Waals surface area (Å²) in [4.78, 5) is 35.5. The van der Waals surface area contributed by atoms with Crippen LogP contribution in [0.15, 0.2) is 43.0 Å². The van der Waals surface area contributed by atoms with Gasteiger partial charge in [-0.3, -0.25) is 4.79 Å². The first kappa shape index (κ1) is 15.4. The molecule has 1 aromatic carbocycles. The van der Waals surface area contributed by atoms with Gasteiger partial charge in [-0.25, -0.2) is 24.3 Å². The molecule has 0 aliphatic heterocycles. The Balaban J connectivity index is 1.57. The third-order valence-electron chi connectivity index (χ3n) is 3.21. The number of rotatable bonds is 4. The number of nitrogens with one attached hydrogen (secondary N) is 1. The molecule has 122 valence electrons. The van der Waals surface area contributed by atoms with Crippen LogP contribution < -0.4 is 11.1 Å². The predicted octanol–water partition coefficient (Wildman–Crippen LogP) is 0.710. The Labute approximate surface area is 136 Å². The van der Waals surface area contributed by atoms with E-state index in [9.17, 15) is 9.59 Å². The molecule has 1 amide bonds. The number of aromatic nitrogens is 4. The molecular weight excluding hydrogens is 312 g/mol. The molecule has 0 saturated heterocycles. The third kappa shape index (κ3) is 3.29. The first-order valence-corrected chi connectivity index (χ1v) is 7.06. The number of ether oxygens (including phenoxy) is 1. The summed E-state index contributed by atoms with van der Waals surface area (Å²) in [6, 6.07) is 8.69. The molecule has 0 spiro atoms. The number of amides is 1. The third-order valence-corrected chi connectivity index (χ3v) is 3.21. The molecule has 0 unspecified atom stereocenters. The normalized spacial score (nSPS) is 10.5. The molecule has 0 saturated carbocycles. The van der Waals surface area contributed by atoms with Crippen LogP contribution in [0.3, 0.4) is 0 Å². The molecule has 0 radical (unpaired) electrons. The van der Waals surface area contributed by atoms with Gasteiger partial charge < -0.3 is 15.8 Å². The van der Waals surface area contributed by atoms with E-state index in [1.54, 1.807) is 0 Å². The summed E-state index contributed by atoms with van der Waals surface area (Å²) in [5.41, 5.74) is 7.10. The van der Waals surface area contributed by atoms with E-state index in [1.807, 2.05) is 30.3 Å². The minimum Gasteiger partial charge on any atom is -0.460 e. The second-order valence-corrected chi connectivity index (χ2v) is 4.85. The van der Waals surface area contributed by atoms with Crippen LogP contribution in [0.1, 0.15) is 5.56 Å². The molecule has 3 N–H and O–H groups in total. The lowest BCUT2D eigenvalue weighted by atomic mass is 10.2. The van der Waals surface area contributed by atoms with E-state index in [0.717, 1.165) is 10.1 Å². The lowest BCUT2D eigenvalue weighted by Gasteiger charge is -2.07. The molecule has 3 aromatic rings. The van der Waals surface area contributed by atoms with Crippen molar-refractivity contribution in [3.8, 4) is 0 Å². The number of nitrogens with zero attached hydrogens (tertiary/aromatic N) is 4. The topological polar surface area (TPSA) is 125 Å². The van der Waals surface area contributed by atoms with Gasteiger partial charge in [0, 0.05) is 0 Å². The van der Waals surface area contributed by atoms with Gasteiger partial charge in [0.15, 0.2) is 17.0 Å². The van der Waals surface area contributed by atoms with E-state index >= 15 is 0 Å². The van der Waals surface area contributed by atoms with Gasteiger partial charge >= 0.3 is 12.0 Å². The smallest absolute Gasteiger partial charge is 0.329 e. The number of esters is 1. The Morgan fingerprint density at radius 2 is 1.96 bits per heavy atom. The summed E-state index contributed by atoms with van der Waals surface area (Å²) in [5.74, 6) is -0.375. The zero-order valence-electron chi connectivity index (χ0n) is 12.5. The number of carbonyl (C=O) groups excluding carboxylic acids is 2. The SMILES string of the molecule is Nc1ncnc2c1ncn2C(=O)NCC(=O)OCc1ccccc1. The number of nitrogen functional groups attached to an aromatic ring is 1. The van der Waals surface area contributed by atoms with Gasteiger partial charge in [0.1, 0.15) is 25.8 Å². The molecule has 24 heavy (non-hydrogen) atoms. The van der Waals surface area contributed by atoms with E-state index in [2.05, 4.69) is 20.3 Å². The number of hydrogen-bond donors (Lipinski definition) is 2. The Morgan fingerprint density at radius 3 is 2.75 bits per heavy atom. The van der Waals surface area contributed by atoms with Crippen LogP contribution in [0, 0.1) is 0 Å². The lowest BCUT2D eigenvalue weighted by Crippen LogP contribution is -2.33. The molecular formula is C15H14N6O3. The first-order valence-electron chi connectivity index (χ1n) is 7.06. The van der Waals surface area contributed by atoms with Crippen LogP contribution in [-0.4, -0.2) is 38.1 Å². The quantitative estimate of drug-likeness (QED) is 0.676. The molecule has 3 rings (SSSR count). The van der Waals surface area contributed by atoms with E-state index in [0.29, 0.717) is 5.52 Å². The fourth-order valence-electron chi connectivity index (χ4n) is 2.02. The van der Waals surface area contributed by atoms with Crippen LogP contribution in [0.25, 0.3) is 11.2 Å². The van der Waals surface area contributed by atoms with Crippen LogP contribution in [0.2, 0.25) is 0 Å². The average molecular weight is 326 g/mol. The number of imidazole rings is 1. The van der Waals surface area contributed by atoms with Crippen molar-refractivity contribution in [1.82, 2.24) is 24.8 Å². The van der Waals surface area contributed by atoms with Gasteiger partial charge in [-0.05, 0) is 5.56 Å². The van der Waals surface area contributed by atoms with Gasteiger partial charge in [-0.15, -0.1) is 0 Å². The molecule has 9 nitrogen and oxygen atoms in total. The highest BCUT2D eigenvalue weighted by atomic mass is 16.5. The van der Waals surface area contributed by atoms with E-state index in [1.165, 1.54) is 12.7 Å². The molecule has 0 fully saturated rings. The number of hydrogen-bond acceptors (Lipinski definition) is 7. The summed E-state index contributed by atoms with van der Waals surface area (Å²) >= 11 is 0. The first-order chi connectivity index (χ1) is 11.6. The minimum absolute atomic E-state index is 0.146. The van der Waals surface area contributed by atoms with Crippen molar-refractivity contribution in [2.24, 2.45) is 0 Å². The predicted molar refractivity (Wildman–Crippen MR) is 84.8 cm³/mol. The van der Waals surface area contributed by atoms with Crippen molar-refractivity contribution in [2.75, 3.05) is 12.3 Å². The number of nitrogens with two attached hydrogens (primary N) is 1. The van der Waals surface area contributed by atoms with Crippen LogP contribution in [0.5, 0.6) is 0 Å². The monoisotopic (exact) mass is 326 g/mol. The zero-order chi connectivity index (χ0) is 16.9. The average Bonchev–Trinajstić information content (AvgIpc) is 3.04. The Hall–Kier alpha value is -3.49. The van der Waals surface area contributed by atoms with Crippen molar-refractivity contribution >= 4 is 29.0 Å². The van der Waals surface area contributed by atoms with Crippen LogP contribution >= 0.6 is 0 Å². The van der Waals surface area contributed by atoms with E-state index < -0.39 is 12.0 Å². The van der Waals surface area contributed by atoms with Gasteiger partial charge in [-0.1, -0.05) is 30.3 Å². The Morgan fingerprint density at radius 1 is 1.17 bits per heavy atom. The van der Waals surface area contributed by atoms with E-state index in [-0.39, 0.29) is 24.6 Å². The largest absolute Gasteiger partial charge is 0.460 e. The highest BCUT2D eigenvalue weighted by Crippen LogP contribution is 2.13. The fraction of sp³-hybridized carbons (Fsp3) is 0.133. The van der Waals surface area contributed by atoms with Crippen molar-refractivity contribution in [3.63, 3.8) is 0 Å². The molecule has 0 aliphatic carbocycles. The van der Waals surface area contributed by atoms with Gasteiger partial charge in [0.25, 0.3) is 0 Å². The maximum absolute atomic E-state index is 12.1. The van der Waals surface area contributed by atoms with Crippen molar-refractivity contribution in [2.45, 2.75) is 6.61 Å². The molecule has 0 bridgehead atoms. The second-order valence-electron chi connectivity index (χ2n) is 4.85. The number of carbonyl (C=O) groups is 2. The second kappa shape index (κ2) is 6.73. The Bertz CT molecular complexity index is 877. The zero-order valence-corrected chi connectivity index (χ0v) is 12.5. The fourth-order valence-corrected chi connectivity index (χ4v) is 2.02. The summed E-state index contributed by atoms with van der Waals surface area (Å²) in [7, 11) is 0. The summed E-state index contributed by atoms with van der Waals surface area (Å²) in [6.45, 7) is -0.126. The molecule has 2 aromatic heterocycles. The molecule has 0 aliphatic rings. The standard InChI is InChI=1S/C15H14N6O3/c16-13-12-14(19-8-18-13)21(9-20-12)15(23)17-6-11(22)24-7-10-4-2-1-3-5-10/h1-5,8-9H,6-7H2,(H,17,23)(H2,16,18,19).